The summed E-state index contributed by atoms with van der Waals surface area (Å²) in [5.74, 6) is -0.366. The Morgan fingerprint density at radius 1 is 0.914 bits per heavy atom. The summed E-state index contributed by atoms with van der Waals surface area (Å²) in [5, 5.41) is 3.03. The van der Waals surface area contributed by atoms with Crippen LogP contribution < -0.4 is 15.5 Å². The summed E-state index contributed by atoms with van der Waals surface area (Å²) in [6.45, 7) is 1.81. The second-order valence-electron chi connectivity index (χ2n) is 7.08. The minimum Gasteiger partial charge on any atom is -0.457 e. The van der Waals surface area contributed by atoms with Crippen LogP contribution in [0.2, 0.25) is 5.02 Å². The van der Waals surface area contributed by atoms with Gasteiger partial charge in [-0.05, 0) is 79.2 Å². The van der Waals surface area contributed by atoms with Gasteiger partial charge < -0.3 is 10.1 Å². The van der Waals surface area contributed by atoms with Gasteiger partial charge in [0.1, 0.15) is 17.2 Å². The average molecular weight is 505 g/mol. The monoisotopic (exact) mass is 504 g/mol. The molecule has 0 spiro atoms. The van der Waals surface area contributed by atoms with Crippen molar-refractivity contribution in [3.63, 3.8) is 0 Å². The van der Waals surface area contributed by atoms with Crippen LogP contribution in [0, 0.1) is 0 Å². The molecule has 10 heteroatoms. The molecule has 0 aliphatic rings. The Balaban J connectivity index is 1.76. The topological polar surface area (TPSA) is 76.7 Å². The first-order valence-corrected chi connectivity index (χ1v) is 10.7. The standard InChI is InChI=1S/C25H20ClF3N2O4/c1-2-34-31-24(33)22(15-16-3-7-18(8-4-16)25(27,28)29)30-23(32)17-5-11-20(12-6-17)35-21-13-9-19(26)10-14-21/h3-15H,2H2,1H3,(H,30,32)(H,31,33). The van der Waals surface area contributed by atoms with Gasteiger partial charge in [0.25, 0.3) is 11.8 Å². The number of hydrogen-bond donors (Lipinski definition) is 2. The molecule has 0 unspecified atom stereocenters. The zero-order valence-electron chi connectivity index (χ0n) is 18.4. The molecule has 0 radical (unpaired) electrons. The van der Waals surface area contributed by atoms with Crippen molar-refractivity contribution in [2.75, 3.05) is 6.61 Å². The van der Waals surface area contributed by atoms with Crippen molar-refractivity contribution < 1.29 is 32.3 Å². The van der Waals surface area contributed by atoms with Gasteiger partial charge in [0.15, 0.2) is 0 Å². The Bertz CT molecular complexity index is 1190. The number of ether oxygens (including phenoxy) is 1. The van der Waals surface area contributed by atoms with Crippen LogP contribution in [0.3, 0.4) is 0 Å². The number of carbonyl (C=O) groups excluding carboxylic acids is 2. The summed E-state index contributed by atoms with van der Waals surface area (Å²) < 4.78 is 44.1. The molecule has 2 N–H and O–H groups in total. The van der Waals surface area contributed by atoms with Gasteiger partial charge in [-0.1, -0.05) is 23.7 Å². The summed E-state index contributed by atoms with van der Waals surface area (Å²) >= 11 is 5.85. The molecule has 3 aromatic carbocycles. The van der Waals surface area contributed by atoms with Crippen LogP contribution in [0.5, 0.6) is 11.5 Å². The van der Waals surface area contributed by atoms with Crippen molar-refractivity contribution in [2.45, 2.75) is 13.1 Å². The normalized spacial score (nSPS) is 11.6. The predicted molar refractivity (Wildman–Crippen MR) is 125 cm³/mol. The molecule has 3 aromatic rings. The number of alkyl halides is 3. The van der Waals surface area contributed by atoms with Crippen LogP contribution in [0.15, 0.2) is 78.5 Å². The third-order valence-corrected chi connectivity index (χ3v) is 4.77. The summed E-state index contributed by atoms with van der Waals surface area (Å²) in [7, 11) is 0. The number of carbonyl (C=O) groups is 2. The lowest BCUT2D eigenvalue weighted by Gasteiger charge is -2.12. The van der Waals surface area contributed by atoms with Crippen molar-refractivity contribution >= 4 is 29.5 Å². The molecule has 0 aliphatic heterocycles. The molecule has 0 atom stereocenters. The Morgan fingerprint density at radius 2 is 1.49 bits per heavy atom. The highest BCUT2D eigenvalue weighted by Crippen LogP contribution is 2.29. The van der Waals surface area contributed by atoms with E-state index in [1.165, 1.54) is 30.3 Å². The highest BCUT2D eigenvalue weighted by molar-refractivity contribution is 6.30. The minimum absolute atomic E-state index is 0.169. The summed E-state index contributed by atoms with van der Waals surface area (Å²) in [6, 6.07) is 17.0. The maximum Gasteiger partial charge on any atom is 0.416 e. The third-order valence-electron chi connectivity index (χ3n) is 4.52. The number of hydrogen-bond acceptors (Lipinski definition) is 4. The highest BCUT2D eigenvalue weighted by Gasteiger charge is 2.29. The van der Waals surface area contributed by atoms with Crippen LogP contribution in [-0.2, 0) is 15.8 Å². The maximum absolute atomic E-state index is 12.8. The van der Waals surface area contributed by atoms with E-state index in [2.05, 4.69) is 10.8 Å². The van der Waals surface area contributed by atoms with E-state index in [0.29, 0.717) is 16.5 Å². The number of halogens is 4. The second-order valence-corrected chi connectivity index (χ2v) is 7.51. The molecular formula is C25H20ClF3N2O4. The Kier molecular flexibility index (Phi) is 8.51. The molecule has 0 bridgehead atoms. The molecule has 0 heterocycles. The van der Waals surface area contributed by atoms with Crippen LogP contribution in [0.1, 0.15) is 28.4 Å². The van der Waals surface area contributed by atoms with Gasteiger partial charge in [0, 0.05) is 10.6 Å². The zero-order valence-corrected chi connectivity index (χ0v) is 19.1. The van der Waals surface area contributed by atoms with Crippen molar-refractivity contribution in [3.8, 4) is 11.5 Å². The average Bonchev–Trinajstić information content (AvgIpc) is 2.83. The molecule has 0 aliphatic carbocycles. The summed E-state index contributed by atoms with van der Waals surface area (Å²) in [5.41, 5.74) is 1.59. The highest BCUT2D eigenvalue weighted by atomic mass is 35.5. The molecule has 6 nitrogen and oxygen atoms in total. The second kappa shape index (κ2) is 11.5. The van der Waals surface area contributed by atoms with Gasteiger partial charge in [-0.2, -0.15) is 13.2 Å². The van der Waals surface area contributed by atoms with Crippen LogP contribution in [-0.4, -0.2) is 18.4 Å². The first kappa shape index (κ1) is 25.8. The molecule has 0 saturated carbocycles. The van der Waals surface area contributed by atoms with E-state index in [-0.39, 0.29) is 23.4 Å². The first-order chi connectivity index (χ1) is 16.7. The summed E-state index contributed by atoms with van der Waals surface area (Å²) in [6.07, 6.45) is -3.25. The summed E-state index contributed by atoms with van der Waals surface area (Å²) in [4.78, 5) is 30.1. The Labute approximate surface area is 204 Å². The molecule has 0 aromatic heterocycles. The maximum atomic E-state index is 12.8. The van der Waals surface area contributed by atoms with E-state index >= 15 is 0 Å². The van der Waals surface area contributed by atoms with Gasteiger partial charge in [0.05, 0.1) is 12.2 Å². The third kappa shape index (κ3) is 7.59. The smallest absolute Gasteiger partial charge is 0.416 e. The van der Waals surface area contributed by atoms with E-state index in [4.69, 9.17) is 21.2 Å². The number of benzene rings is 3. The first-order valence-electron chi connectivity index (χ1n) is 10.3. The van der Waals surface area contributed by atoms with E-state index in [1.54, 1.807) is 43.3 Å². The fraction of sp³-hybridized carbons (Fsp3) is 0.120. The molecular weight excluding hydrogens is 485 g/mol. The van der Waals surface area contributed by atoms with Crippen LogP contribution in [0.4, 0.5) is 13.2 Å². The fourth-order valence-electron chi connectivity index (χ4n) is 2.79. The number of rotatable bonds is 8. The van der Waals surface area contributed by atoms with Crippen LogP contribution >= 0.6 is 11.6 Å². The van der Waals surface area contributed by atoms with Crippen molar-refractivity contribution in [1.29, 1.82) is 0 Å². The van der Waals surface area contributed by atoms with Crippen molar-refractivity contribution in [3.05, 3.63) is 100 Å². The number of hydroxylamine groups is 1. The Hall–Kier alpha value is -3.82. The van der Waals surface area contributed by atoms with E-state index < -0.39 is 23.6 Å². The zero-order chi connectivity index (χ0) is 25.4. The lowest BCUT2D eigenvalue weighted by Crippen LogP contribution is -2.34. The molecule has 182 valence electrons. The lowest BCUT2D eigenvalue weighted by atomic mass is 10.1. The van der Waals surface area contributed by atoms with Gasteiger partial charge in [-0.15, -0.1) is 0 Å². The lowest BCUT2D eigenvalue weighted by molar-refractivity contribution is -0.137. The van der Waals surface area contributed by atoms with E-state index in [1.807, 2.05) is 0 Å². The largest absolute Gasteiger partial charge is 0.457 e. The molecule has 35 heavy (non-hydrogen) atoms. The Morgan fingerprint density at radius 3 is 2.03 bits per heavy atom. The number of amides is 2. The van der Waals surface area contributed by atoms with Crippen molar-refractivity contribution in [2.24, 2.45) is 0 Å². The van der Waals surface area contributed by atoms with Gasteiger partial charge in [-0.25, -0.2) is 5.48 Å². The molecule has 3 rings (SSSR count). The molecule has 2 amide bonds. The number of nitrogens with one attached hydrogen (secondary N) is 2. The van der Waals surface area contributed by atoms with E-state index in [9.17, 15) is 22.8 Å². The molecule has 0 fully saturated rings. The molecule has 0 saturated heterocycles. The predicted octanol–water partition coefficient (Wildman–Crippen LogP) is 5.99. The fourth-order valence-corrected chi connectivity index (χ4v) is 2.92. The minimum atomic E-state index is -4.49. The van der Waals surface area contributed by atoms with Crippen LogP contribution in [0.25, 0.3) is 6.08 Å². The van der Waals surface area contributed by atoms with Gasteiger partial charge >= 0.3 is 6.18 Å². The van der Waals surface area contributed by atoms with Gasteiger partial charge in [-0.3, -0.25) is 14.4 Å². The quantitative estimate of drug-likeness (QED) is 0.292. The SMILES string of the molecule is CCONC(=O)C(=Cc1ccc(C(F)(F)F)cc1)NC(=O)c1ccc(Oc2ccc(Cl)cc2)cc1. The van der Waals surface area contributed by atoms with Gasteiger partial charge in [0.2, 0.25) is 0 Å². The van der Waals surface area contributed by atoms with E-state index in [0.717, 1.165) is 12.1 Å². The van der Waals surface area contributed by atoms with Crippen molar-refractivity contribution in [1.82, 2.24) is 10.8 Å².